The van der Waals surface area contributed by atoms with Gasteiger partial charge in [-0.2, -0.15) is 0 Å². The quantitative estimate of drug-likeness (QED) is 0.862. The molecule has 20 heavy (non-hydrogen) atoms. The van der Waals surface area contributed by atoms with Crippen LogP contribution in [-0.2, 0) is 9.53 Å². The number of carbonyl (C=O) groups is 1. The Morgan fingerprint density at radius 3 is 2.45 bits per heavy atom. The molecule has 1 aromatic rings. The largest absolute Gasteiger partial charge is 0.378 e. The minimum absolute atomic E-state index is 0.238. The Bertz CT molecular complexity index is 505. The number of halogens is 3. The van der Waals surface area contributed by atoms with Crippen molar-refractivity contribution in [3.8, 4) is 0 Å². The summed E-state index contributed by atoms with van der Waals surface area (Å²) in [7, 11) is 0. The lowest BCUT2D eigenvalue weighted by Crippen LogP contribution is -2.47. The van der Waals surface area contributed by atoms with Crippen LogP contribution in [0.4, 0.5) is 18.9 Å². The van der Waals surface area contributed by atoms with E-state index in [1.165, 1.54) is 0 Å². The molecular weight excluding hydrogens is 273 g/mol. The number of nitrogens with one attached hydrogen (secondary N) is 1. The lowest BCUT2D eigenvalue weighted by Gasteiger charge is -2.29. The van der Waals surface area contributed by atoms with Gasteiger partial charge in [0, 0.05) is 25.2 Å². The van der Waals surface area contributed by atoms with Crippen LogP contribution in [0, 0.1) is 17.5 Å². The summed E-state index contributed by atoms with van der Waals surface area (Å²) >= 11 is 0. The van der Waals surface area contributed by atoms with Gasteiger partial charge in [0.1, 0.15) is 11.9 Å². The van der Waals surface area contributed by atoms with Gasteiger partial charge in [-0.05, 0) is 6.92 Å². The van der Waals surface area contributed by atoms with Crippen LogP contribution in [0.15, 0.2) is 12.1 Å². The van der Waals surface area contributed by atoms with Gasteiger partial charge >= 0.3 is 0 Å². The predicted octanol–water partition coefficient (Wildman–Crippen LogP) is 1.76. The molecule has 1 amide bonds. The number of nitrogens with zero attached hydrogens (tertiary/aromatic N) is 1. The summed E-state index contributed by atoms with van der Waals surface area (Å²) in [6.45, 7) is 3.38. The van der Waals surface area contributed by atoms with E-state index in [1.807, 2.05) is 0 Å². The Morgan fingerprint density at radius 1 is 1.20 bits per heavy atom. The third-order valence-electron chi connectivity index (χ3n) is 3.08. The average Bonchev–Trinajstić information content (AvgIpc) is 2.44. The number of anilines is 1. The molecule has 2 rings (SSSR count). The van der Waals surface area contributed by atoms with Crippen molar-refractivity contribution < 1.29 is 22.7 Å². The van der Waals surface area contributed by atoms with Crippen molar-refractivity contribution in [3.05, 3.63) is 29.6 Å². The first-order valence-corrected chi connectivity index (χ1v) is 6.26. The number of morpholine rings is 1. The van der Waals surface area contributed by atoms with E-state index in [0.29, 0.717) is 38.4 Å². The molecule has 0 spiro atoms. The molecule has 0 saturated carbocycles. The molecule has 1 atom stereocenters. The van der Waals surface area contributed by atoms with Crippen molar-refractivity contribution in [3.63, 3.8) is 0 Å². The minimum Gasteiger partial charge on any atom is -0.378 e. The third-order valence-corrected chi connectivity index (χ3v) is 3.08. The fourth-order valence-electron chi connectivity index (χ4n) is 1.99. The second-order valence-electron chi connectivity index (χ2n) is 4.55. The second-order valence-corrected chi connectivity index (χ2v) is 4.55. The Morgan fingerprint density at radius 2 is 1.80 bits per heavy atom. The number of hydrogen-bond acceptors (Lipinski definition) is 3. The van der Waals surface area contributed by atoms with Crippen LogP contribution >= 0.6 is 0 Å². The van der Waals surface area contributed by atoms with Crippen LogP contribution < -0.4 is 5.32 Å². The third kappa shape index (κ3) is 3.22. The maximum atomic E-state index is 13.5. The Hall–Kier alpha value is -1.76. The van der Waals surface area contributed by atoms with Crippen molar-refractivity contribution in [2.75, 3.05) is 31.6 Å². The lowest BCUT2D eigenvalue weighted by molar-refractivity contribution is -0.135. The molecule has 0 aliphatic carbocycles. The van der Waals surface area contributed by atoms with E-state index in [9.17, 15) is 18.0 Å². The van der Waals surface area contributed by atoms with Crippen LogP contribution in [-0.4, -0.2) is 43.2 Å². The first-order valence-electron chi connectivity index (χ1n) is 6.26. The van der Waals surface area contributed by atoms with E-state index in [0.717, 1.165) is 0 Å². The molecule has 110 valence electrons. The molecule has 1 unspecified atom stereocenters. The zero-order chi connectivity index (χ0) is 14.7. The highest BCUT2D eigenvalue weighted by Crippen LogP contribution is 2.19. The number of ether oxygens (including phenoxy) is 1. The fraction of sp³-hybridized carbons (Fsp3) is 0.462. The standard InChI is InChI=1S/C13H15F3N2O2/c1-8(13(19)18-2-4-20-5-3-18)17-12-7-10(15)9(14)6-11(12)16/h6-8,17H,2-5H2,1H3. The van der Waals surface area contributed by atoms with Gasteiger partial charge in [0.15, 0.2) is 11.6 Å². The van der Waals surface area contributed by atoms with Crippen molar-refractivity contribution in [2.45, 2.75) is 13.0 Å². The zero-order valence-electron chi connectivity index (χ0n) is 11.0. The van der Waals surface area contributed by atoms with Gasteiger partial charge in [-0.25, -0.2) is 13.2 Å². The SMILES string of the molecule is CC(Nc1cc(F)c(F)cc1F)C(=O)N1CCOCC1. The van der Waals surface area contributed by atoms with Crippen molar-refractivity contribution >= 4 is 11.6 Å². The summed E-state index contributed by atoms with van der Waals surface area (Å²) in [5, 5.41) is 2.56. The summed E-state index contributed by atoms with van der Waals surface area (Å²) in [6, 6.07) is 0.407. The lowest BCUT2D eigenvalue weighted by atomic mass is 10.2. The van der Waals surface area contributed by atoms with Crippen LogP contribution in [0.2, 0.25) is 0 Å². The van der Waals surface area contributed by atoms with Gasteiger partial charge in [0.25, 0.3) is 0 Å². The Labute approximate surface area is 114 Å². The van der Waals surface area contributed by atoms with Crippen molar-refractivity contribution in [2.24, 2.45) is 0 Å². The van der Waals surface area contributed by atoms with Crippen LogP contribution in [0.1, 0.15) is 6.92 Å². The summed E-state index contributed by atoms with van der Waals surface area (Å²) in [4.78, 5) is 13.7. The highest BCUT2D eigenvalue weighted by molar-refractivity contribution is 5.84. The first kappa shape index (κ1) is 14.6. The molecule has 0 radical (unpaired) electrons. The van der Waals surface area contributed by atoms with Gasteiger partial charge in [-0.3, -0.25) is 4.79 Å². The monoisotopic (exact) mass is 288 g/mol. The number of rotatable bonds is 3. The van der Waals surface area contributed by atoms with E-state index >= 15 is 0 Å². The van der Waals surface area contributed by atoms with Crippen molar-refractivity contribution in [1.29, 1.82) is 0 Å². The highest BCUT2D eigenvalue weighted by atomic mass is 19.2. The molecule has 1 aromatic carbocycles. The Balaban J connectivity index is 2.05. The first-order chi connectivity index (χ1) is 9.49. The fourth-order valence-corrected chi connectivity index (χ4v) is 1.99. The molecule has 1 N–H and O–H groups in total. The Kier molecular flexibility index (Phi) is 4.49. The maximum absolute atomic E-state index is 13.5. The molecule has 7 heteroatoms. The minimum atomic E-state index is -1.26. The molecule has 1 saturated heterocycles. The normalized spacial score (nSPS) is 16.9. The molecule has 0 aromatic heterocycles. The highest BCUT2D eigenvalue weighted by Gasteiger charge is 2.23. The van der Waals surface area contributed by atoms with E-state index in [2.05, 4.69) is 5.32 Å². The van der Waals surface area contributed by atoms with Gasteiger partial charge in [0.2, 0.25) is 5.91 Å². The molecule has 0 bridgehead atoms. The van der Waals surface area contributed by atoms with E-state index in [-0.39, 0.29) is 11.6 Å². The summed E-state index contributed by atoms with van der Waals surface area (Å²) in [5.41, 5.74) is -0.238. The predicted molar refractivity (Wildman–Crippen MR) is 66.8 cm³/mol. The number of benzene rings is 1. The second kappa shape index (κ2) is 6.13. The molecule has 1 aliphatic rings. The molecule has 4 nitrogen and oxygen atoms in total. The number of carbonyl (C=O) groups excluding carboxylic acids is 1. The van der Waals surface area contributed by atoms with E-state index in [4.69, 9.17) is 4.74 Å². The van der Waals surface area contributed by atoms with Gasteiger partial charge in [0.05, 0.1) is 18.9 Å². The van der Waals surface area contributed by atoms with Crippen LogP contribution in [0.25, 0.3) is 0 Å². The average molecular weight is 288 g/mol. The number of amides is 1. The summed E-state index contributed by atoms with van der Waals surface area (Å²) < 4.78 is 44.5. The van der Waals surface area contributed by atoms with Crippen molar-refractivity contribution in [1.82, 2.24) is 4.90 Å². The zero-order valence-corrected chi connectivity index (χ0v) is 11.0. The van der Waals surface area contributed by atoms with Gasteiger partial charge in [-0.15, -0.1) is 0 Å². The van der Waals surface area contributed by atoms with Gasteiger partial charge < -0.3 is 15.0 Å². The van der Waals surface area contributed by atoms with E-state index < -0.39 is 23.5 Å². The number of hydrogen-bond donors (Lipinski definition) is 1. The molecule has 1 aliphatic heterocycles. The maximum Gasteiger partial charge on any atom is 0.244 e. The summed E-state index contributed by atoms with van der Waals surface area (Å²) in [6.07, 6.45) is 0. The smallest absolute Gasteiger partial charge is 0.244 e. The molecular formula is C13H15F3N2O2. The van der Waals surface area contributed by atoms with E-state index in [1.54, 1.807) is 11.8 Å². The van der Waals surface area contributed by atoms with Crippen LogP contribution in [0.5, 0.6) is 0 Å². The van der Waals surface area contributed by atoms with Gasteiger partial charge in [-0.1, -0.05) is 0 Å². The molecule has 1 heterocycles. The topological polar surface area (TPSA) is 41.6 Å². The van der Waals surface area contributed by atoms with Crippen LogP contribution in [0.3, 0.4) is 0 Å². The summed E-state index contributed by atoms with van der Waals surface area (Å²) in [5.74, 6) is -3.61. The molecule has 1 fully saturated rings.